The molecule has 0 saturated carbocycles. The third kappa shape index (κ3) is 5.95. The summed E-state index contributed by atoms with van der Waals surface area (Å²) in [5.41, 5.74) is 1.40. The Labute approximate surface area is 163 Å². The molecule has 2 N–H and O–H groups in total. The molecule has 2 aliphatic rings. The molecule has 0 aliphatic carbocycles. The molecule has 5 nitrogen and oxygen atoms in total. The minimum Gasteiger partial charge on any atom is -0.356 e. The van der Waals surface area contributed by atoms with Crippen molar-refractivity contribution in [3.05, 3.63) is 35.9 Å². The molecule has 1 aromatic carbocycles. The van der Waals surface area contributed by atoms with E-state index in [1.165, 1.54) is 5.56 Å². The van der Waals surface area contributed by atoms with Gasteiger partial charge in [0.15, 0.2) is 0 Å². The van der Waals surface area contributed by atoms with Crippen molar-refractivity contribution >= 4 is 18.3 Å². The Morgan fingerprint density at radius 2 is 1.92 bits per heavy atom. The standard InChI is InChI=1S/C20H32N4O.ClH/c1-23-14-15-24(19(16-23)17-6-3-2-4-7-17)13-5-10-22-20(25)18-8-11-21-12-9-18;/h2-4,6-7,18-19,21H,5,8-16H2,1H3,(H,22,25);1H. The van der Waals surface area contributed by atoms with E-state index in [1.807, 2.05) is 0 Å². The second-order valence-corrected chi connectivity index (χ2v) is 7.39. The fraction of sp³-hybridized carbons (Fsp3) is 0.650. The molecule has 1 amide bonds. The van der Waals surface area contributed by atoms with E-state index in [0.29, 0.717) is 6.04 Å². The summed E-state index contributed by atoms with van der Waals surface area (Å²) in [6, 6.07) is 11.3. The van der Waals surface area contributed by atoms with Gasteiger partial charge >= 0.3 is 0 Å². The number of halogens is 1. The Morgan fingerprint density at radius 3 is 2.65 bits per heavy atom. The van der Waals surface area contributed by atoms with Gasteiger partial charge in [0.05, 0.1) is 0 Å². The highest BCUT2D eigenvalue weighted by Crippen LogP contribution is 2.24. The van der Waals surface area contributed by atoms with E-state index in [9.17, 15) is 4.79 Å². The minimum atomic E-state index is 0. The molecule has 26 heavy (non-hydrogen) atoms. The highest BCUT2D eigenvalue weighted by molar-refractivity contribution is 5.85. The van der Waals surface area contributed by atoms with Crippen molar-refractivity contribution in [1.82, 2.24) is 20.4 Å². The maximum Gasteiger partial charge on any atom is 0.223 e. The highest BCUT2D eigenvalue weighted by atomic mass is 35.5. The smallest absolute Gasteiger partial charge is 0.223 e. The van der Waals surface area contributed by atoms with Gasteiger partial charge in [0.2, 0.25) is 5.91 Å². The van der Waals surface area contributed by atoms with Crippen LogP contribution >= 0.6 is 12.4 Å². The van der Waals surface area contributed by atoms with Crippen molar-refractivity contribution in [2.24, 2.45) is 5.92 Å². The van der Waals surface area contributed by atoms with Gasteiger partial charge in [-0.25, -0.2) is 0 Å². The van der Waals surface area contributed by atoms with E-state index in [0.717, 1.165) is 65.1 Å². The molecular weight excluding hydrogens is 348 g/mol. The van der Waals surface area contributed by atoms with Crippen molar-refractivity contribution in [3.8, 4) is 0 Å². The van der Waals surface area contributed by atoms with Crippen LogP contribution in [0, 0.1) is 5.92 Å². The molecule has 1 aromatic rings. The summed E-state index contributed by atoms with van der Waals surface area (Å²) in [5, 5.41) is 6.46. The summed E-state index contributed by atoms with van der Waals surface area (Å²) in [7, 11) is 2.20. The summed E-state index contributed by atoms with van der Waals surface area (Å²) >= 11 is 0. The van der Waals surface area contributed by atoms with Crippen molar-refractivity contribution in [1.29, 1.82) is 0 Å². The van der Waals surface area contributed by atoms with Gasteiger partial charge in [-0.1, -0.05) is 30.3 Å². The zero-order chi connectivity index (χ0) is 17.5. The highest BCUT2D eigenvalue weighted by Gasteiger charge is 2.26. The lowest BCUT2D eigenvalue weighted by atomic mass is 9.97. The van der Waals surface area contributed by atoms with Gasteiger partial charge in [0.25, 0.3) is 0 Å². The monoisotopic (exact) mass is 380 g/mol. The Hall–Kier alpha value is -1.14. The zero-order valence-electron chi connectivity index (χ0n) is 15.8. The van der Waals surface area contributed by atoms with Crippen LogP contribution in [0.1, 0.15) is 30.9 Å². The Balaban J connectivity index is 0.00000243. The maximum atomic E-state index is 12.2. The number of amides is 1. The van der Waals surface area contributed by atoms with Crippen molar-refractivity contribution in [2.45, 2.75) is 25.3 Å². The van der Waals surface area contributed by atoms with E-state index in [1.54, 1.807) is 0 Å². The molecular formula is C20H33ClN4O. The molecule has 1 atom stereocenters. The number of nitrogens with one attached hydrogen (secondary N) is 2. The zero-order valence-corrected chi connectivity index (χ0v) is 16.6. The summed E-state index contributed by atoms with van der Waals surface area (Å²) in [4.78, 5) is 17.2. The predicted molar refractivity (Wildman–Crippen MR) is 109 cm³/mol. The van der Waals surface area contributed by atoms with Crippen molar-refractivity contribution in [2.75, 3.05) is 52.9 Å². The van der Waals surface area contributed by atoms with Crippen LogP contribution in [0.3, 0.4) is 0 Å². The normalized spacial score (nSPS) is 22.6. The molecule has 2 fully saturated rings. The van der Waals surface area contributed by atoms with Gasteiger partial charge in [-0.15, -0.1) is 12.4 Å². The molecule has 0 bridgehead atoms. The number of hydrogen-bond donors (Lipinski definition) is 2. The molecule has 0 radical (unpaired) electrons. The Bertz CT molecular complexity index is 536. The third-order valence-corrected chi connectivity index (χ3v) is 5.51. The SMILES string of the molecule is CN1CCN(CCCNC(=O)C2CCNCC2)C(c2ccccc2)C1.Cl. The largest absolute Gasteiger partial charge is 0.356 e. The first kappa shape index (κ1) is 21.2. The number of likely N-dealkylation sites (N-methyl/N-ethyl adjacent to an activating group) is 1. The van der Waals surface area contributed by atoms with Crippen molar-refractivity contribution < 1.29 is 4.79 Å². The maximum absolute atomic E-state index is 12.2. The predicted octanol–water partition coefficient (Wildman–Crippen LogP) is 1.90. The van der Waals surface area contributed by atoms with E-state index < -0.39 is 0 Å². The first-order valence-corrected chi connectivity index (χ1v) is 9.70. The Kier molecular flexibility index (Phi) is 8.85. The van der Waals surface area contributed by atoms with Crippen LogP contribution in [0.25, 0.3) is 0 Å². The molecule has 2 aliphatic heterocycles. The fourth-order valence-electron chi connectivity index (χ4n) is 3.94. The van der Waals surface area contributed by atoms with Crippen LogP contribution < -0.4 is 10.6 Å². The number of benzene rings is 1. The Morgan fingerprint density at radius 1 is 1.19 bits per heavy atom. The molecule has 3 rings (SSSR count). The number of nitrogens with zero attached hydrogens (tertiary/aromatic N) is 2. The summed E-state index contributed by atoms with van der Waals surface area (Å²) in [5.74, 6) is 0.460. The molecule has 146 valence electrons. The van der Waals surface area contributed by atoms with Gasteiger partial charge in [-0.05, 0) is 45.0 Å². The summed E-state index contributed by atoms with van der Waals surface area (Å²) in [6.45, 7) is 7.06. The number of carbonyl (C=O) groups excluding carboxylic acids is 1. The van der Waals surface area contributed by atoms with Crippen LogP contribution in [-0.4, -0.2) is 68.6 Å². The minimum absolute atomic E-state index is 0. The second kappa shape index (κ2) is 10.9. The summed E-state index contributed by atoms with van der Waals surface area (Å²) in [6.07, 6.45) is 2.96. The quantitative estimate of drug-likeness (QED) is 0.740. The van der Waals surface area contributed by atoms with Crippen LogP contribution in [0.4, 0.5) is 0 Å². The lowest BCUT2D eigenvalue weighted by Crippen LogP contribution is -2.47. The molecule has 6 heteroatoms. The van der Waals surface area contributed by atoms with Crippen LogP contribution in [0.2, 0.25) is 0 Å². The van der Waals surface area contributed by atoms with E-state index >= 15 is 0 Å². The molecule has 1 unspecified atom stereocenters. The van der Waals surface area contributed by atoms with Gasteiger partial charge in [-0.2, -0.15) is 0 Å². The summed E-state index contributed by atoms with van der Waals surface area (Å²) < 4.78 is 0. The first-order valence-electron chi connectivity index (χ1n) is 9.70. The second-order valence-electron chi connectivity index (χ2n) is 7.39. The number of rotatable bonds is 6. The number of hydrogen-bond acceptors (Lipinski definition) is 4. The fourth-order valence-corrected chi connectivity index (χ4v) is 3.94. The lowest BCUT2D eigenvalue weighted by molar-refractivity contribution is -0.125. The van der Waals surface area contributed by atoms with Gasteiger partial charge in [-0.3, -0.25) is 9.69 Å². The third-order valence-electron chi connectivity index (χ3n) is 5.51. The average molecular weight is 381 g/mol. The van der Waals surface area contributed by atoms with E-state index in [2.05, 4.69) is 57.8 Å². The topological polar surface area (TPSA) is 47.6 Å². The van der Waals surface area contributed by atoms with E-state index in [-0.39, 0.29) is 24.2 Å². The number of piperidine rings is 1. The lowest BCUT2D eigenvalue weighted by Gasteiger charge is -2.40. The molecule has 0 aromatic heterocycles. The van der Waals surface area contributed by atoms with Crippen LogP contribution in [-0.2, 0) is 4.79 Å². The van der Waals surface area contributed by atoms with E-state index in [4.69, 9.17) is 0 Å². The molecule has 2 heterocycles. The van der Waals surface area contributed by atoms with Crippen LogP contribution in [0.5, 0.6) is 0 Å². The number of carbonyl (C=O) groups is 1. The van der Waals surface area contributed by atoms with Crippen LogP contribution in [0.15, 0.2) is 30.3 Å². The van der Waals surface area contributed by atoms with Crippen molar-refractivity contribution in [3.63, 3.8) is 0 Å². The van der Waals surface area contributed by atoms with Gasteiger partial charge in [0, 0.05) is 44.7 Å². The number of piperazine rings is 1. The molecule has 2 saturated heterocycles. The van der Waals surface area contributed by atoms with Gasteiger partial charge in [0.1, 0.15) is 0 Å². The first-order chi connectivity index (χ1) is 12.2. The molecule has 0 spiro atoms. The average Bonchev–Trinajstić information content (AvgIpc) is 2.67. The van der Waals surface area contributed by atoms with Gasteiger partial charge < -0.3 is 15.5 Å².